The molecule has 2 aromatic rings. The Bertz CT molecular complexity index is 618. The maximum absolute atomic E-state index is 11.7. The molecule has 2 N–H and O–H groups in total. The van der Waals surface area contributed by atoms with Gasteiger partial charge in [-0.25, -0.2) is 4.79 Å². The molecule has 0 aliphatic carbocycles. The lowest BCUT2D eigenvalue weighted by Gasteiger charge is -2.04. The van der Waals surface area contributed by atoms with Gasteiger partial charge in [-0.3, -0.25) is 9.48 Å². The minimum Gasteiger partial charge on any atom is -0.477 e. The SMILES string of the molecule is Cn1nccc1CCC(=O)NCc1ccc(C(=O)O)s1. The van der Waals surface area contributed by atoms with E-state index in [1.807, 2.05) is 13.1 Å². The van der Waals surface area contributed by atoms with Crippen LogP contribution in [0.25, 0.3) is 0 Å². The number of amides is 1. The zero-order chi connectivity index (χ0) is 14.5. The third kappa shape index (κ3) is 3.67. The first-order valence-corrected chi connectivity index (χ1v) is 6.93. The Morgan fingerprint density at radius 1 is 1.40 bits per heavy atom. The second kappa shape index (κ2) is 6.33. The zero-order valence-corrected chi connectivity index (χ0v) is 11.8. The first-order valence-electron chi connectivity index (χ1n) is 6.12. The van der Waals surface area contributed by atoms with Gasteiger partial charge < -0.3 is 10.4 Å². The number of aromatic carboxylic acids is 1. The van der Waals surface area contributed by atoms with Gasteiger partial charge in [-0.05, 0) is 24.6 Å². The van der Waals surface area contributed by atoms with Gasteiger partial charge in [0.15, 0.2) is 0 Å². The molecule has 2 heterocycles. The molecule has 0 radical (unpaired) electrons. The quantitative estimate of drug-likeness (QED) is 0.844. The molecule has 0 aliphatic rings. The number of carboxylic acid groups (broad SMARTS) is 1. The van der Waals surface area contributed by atoms with Crippen molar-refractivity contribution in [2.75, 3.05) is 0 Å². The fraction of sp³-hybridized carbons (Fsp3) is 0.308. The molecule has 0 bridgehead atoms. The van der Waals surface area contributed by atoms with E-state index >= 15 is 0 Å². The molecule has 0 saturated carbocycles. The Labute approximate surface area is 120 Å². The maximum Gasteiger partial charge on any atom is 0.345 e. The number of aromatic nitrogens is 2. The summed E-state index contributed by atoms with van der Waals surface area (Å²) in [6.45, 7) is 0.363. The highest BCUT2D eigenvalue weighted by Crippen LogP contribution is 2.16. The number of carboxylic acids is 1. The summed E-state index contributed by atoms with van der Waals surface area (Å²) < 4.78 is 1.74. The number of carbonyl (C=O) groups is 2. The summed E-state index contributed by atoms with van der Waals surface area (Å²) in [5.41, 5.74) is 1.00. The van der Waals surface area contributed by atoms with E-state index < -0.39 is 5.97 Å². The average Bonchev–Trinajstić information content (AvgIpc) is 3.03. The molecular weight excluding hydrogens is 278 g/mol. The number of nitrogens with one attached hydrogen (secondary N) is 1. The number of hydrogen-bond donors (Lipinski definition) is 2. The van der Waals surface area contributed by atoms with Crippen LogP contribution < -0.4 is 5.32 Å². The van der Waals surface area contributed by atoms with Gasteiger partial charge in [0.2, 0.25) is 5.91 Å². The minimum atomic E-state index is -0.941. The summed E-state index contributed by atoms with van der Waals surface area (Å²) >= 11 is 1.17. The van der Waals surface area contributed by atoms with Crippen LogP contribution in [0.1, 0.15) is 26.7 Å². The van der Waals surface area contributed by atoms with Crippen molar-refractivity contribution in [2.45, 2.75) is 19.4 Å². The largest absolute Gasteiger partial charge is 0.477 e. The standard InChI is InChI=1S/C13H15N3O3S/c1-16-9(6-7-15-16)2-5-12(17)14-8-10-3-4-11(20-10)13(18)19/h3-4,6-7H,2,5,8H2,1H3,(H,14,17)(H,18,19). The van der Waals surface area contributed by atoms with Crippen LogP contribution in [0.2, 0.25) is 0 Å². The van der Waals surface area contributed by atoms with Crippen LogP contribution >= 0.6 is 11.3 Å². The molecule has 0 atom stereocenters. The van der Waals surface area contributed by atoms with Crippen LogP contribution in [0.4, 0.5) is 0 Å². The smallest absolute Gasteiger partial charge is 0.345 e. The van der Waals surface area contributed by atoms with E-state index in [0.717, 1.165) is 10.6 Å². The average molecular weight is 293 g/mol. The maximum atomic E-state index is 11.7. The lowest BCUT2D eigenvalue weighted by molar-refractivity contribution is -0.121. The van der Waals surface area contributed by atoms with Gasteiger partial charge in [0, 0.05) is 30.2 Å². The van der Waals surface area contributed by atoms with E-state index in [4.69, 9.17) is 5.11 Å². The molecule has 0 aromatic carbocycles. The van der Waals surface area contributed by atoms with E-state index in [2.05, 4.69) is 10.4 Å². The van der Waals surface area contributed by atoms with Gasteiger partial charge in [0.05, 0.1) is 6.54 Å². The molecule has 0 saturated heterocycles. The van der Waals surface area contributed by atoms with Crippen molar-refractivity contribution >= 4 is 23.2 Å². The van der Waals surface area contributed by atoms with Gasteiger partial charge in [0.1, 0.15) is 4.88 Å². The highest BCUT2D eigenvalue weighted by atomic mass is 32.1. The van der Waals surface area contributed by atoms with Crippen LogP contribution in [-0.2, 0) is 24.8 Å². The highest BCUT2D eigenvalue weighted by molar-refractivity contribution is 7.13. The molecule has 2 aromatic heterocycles. The molecule has 0 unspecified atom stereocenters. The normalized spacial score (nSPS) is 10.4. The molecule has 106 valence electrons. The van der Waals surface area contributed by atoms with Crippen molar-refractivity contribution < 1.29 is 14.7 Å². The van der Waals surface area contributed by atoms with E-state index in [-0.39, 0.29) is 10.8 Å². The predicted molar refractivity (Wildman–Crippen MR) is 74.7 cm³/mol. The molecule has 2 rings (SSSR count). The number of hydrogen-bond acceptors (Lipinski definition) is 4. The van der Waals surface area contributed by atoms with E-state index in [0.29, 0.717) is 19.4 Å². The Balaban J connectivity index is 1.77. The summed E-state index contributed by atoms with van der Waals surface area (Å²) in [7, 11) is 1.84. The summed E-state index contributed by atoms with van der Waals surface area (Å²) in [4.78, 5) is 23.6. The van der Waals surface area contributed by atoms with Gasteiger partial charge >= 0.3 is 5.97 Å². The summed E-state index contributed by atoms with van der Waals surface area (Å²) in [6.07, 6.45) is 2.72. The van der Waals surface area contributed by atoms with E-state index in [1.54, 1.807) is 23.0 Å². The zero-order valence-electron chi connectivity index (χ0n) is 11.0. The second-order valence-corrected chi connectivity index (χ2v) is 5.46. The van der Waals surface area contributed by atoms with Gasteiger partial charge in [-0.2, -0.15) is 5.10 Å². The predicted octanol–water partition coefficient (Wildman–Crippen LogP) is 1.43. The number of rotatable bonds is 6. The van der Waals surface area contributed by atoms with Gasteiger partial charge in [0.25, 0.3) is 0 Å². The van der Waals surface area contributed by atoms with E-state index in [9.17, 15) is 9.59 Å². The number of nitrogens with zero attached hydrogens (tertiary/aromatic N) is 2. The molecule has 1 amide bonds. The topological polar surface area (TPSA) is 84.2 Å². The first-order chi connectivity index (χ1) is 9.56. The number of aryl methyl sites for hydroxylation is 2. The molecule has 0 spiro atoms. The highest BCUT2D eigenvalue weighted by Gasteiger charge is 2.08. The summed E-state index contributed by atoms with van der Waals surface area (Å²) in [5.74, 6) is -1.000. The number of thiophene rings is 1. The van der Waals surface area contributed by atoms with Crippen LogP contribution in [0.3, 0.4) is 0 Å². The van der Waals surface area contributed by atoms with Crippen molar-refractivity contribution in [3.05, 3.63) is 39.8 Å². The second-order valence-electron chi connectivity index (χ2n) is 4.29. The fourth-order valence-electron chi connectivity index (χ4n) is 1.75. The van der Waals surface area contributed by atoms with E-state index in [1.165, 1.54) is 11.3 Å². The molecule has 7 heteroatoms. The summed E-state index contributed by atoms with van der Waals surface area (Å²) in [6, 6.07) is 5.14. The van der Waals surface area contributed by atoms with Crippen molar-refractivity contribution in [1.29, 1.82) is 0 Å². The van der Waals surface area contributed by atoms with Crippen LogP contribution in [0.5, 0.6) is 0 Å². The molecule has 0 aliphatic heterocycles. The Morgan fingerprint density at radius 2 is 2.20 bits per heavy atom. The fourth-order valence-corrected chi connectivity index (χ4v) is 2.54. The lowest BCUT2D eigenvalue weighted by atomic mass is 10.2. The summed E-state index contributed by atoms with van der Waals surface area (Å²) in [5, 5.41) is 15.6. The van der Waals surface area contributed by atoms with Crippen molar-refractivity contribution in [3.63, 3.8) is 0 Å². The van der Waals surface area contributed by atoms with Gasteiger partial charge in [-0.1, -0.05) is 0 Å². The van der Waals surface area contributed by atoms with Crippen molar-refractivity contribution in [3.8, 4) is 0 Å². The number of carbonyl (C=O) groups excluding carboxylic acids is 1. The third-order valence-corrected chi connectivity index (χ3v) is 3.94. The van der Waals surface area contributed by atoms with Crippen LogP contribution in [0.15, 0.2) is 24.4 Å². The Hall–Kier alpha value is -2.15. The minimum absolute atomic E-state index is 0.0588. The monoisotopic (exact) mass is 293 g/mol. The molecule has 6 nitrogen and oxygen atoms in total. The molecule has 0 fully saturated rings. The first kappa shape index (κ1) is 14.3. The molecular formula is C13H15N3O3S. The Kier molecular flexibility index (Phi) is 4.52. The lowest BCUT2D eigenvalue weighted by Crippen LogP contribution is -2.22. The molecule has 20 heavy (non-hydrogen) atoms. The third-order valence-electron chi connectivity index (χ3n) is 2.86. The van der Waals surface area contributed by atoms with Crippen molar-refractivity contribution in [1.82, 2.24) is 15.1 Å². The Morgan fingerprint density at radius 3 is 2.80 bits per heavy atom. The van der Waals surface area contributed by atoms with Gasteiger partial charge in [-0.15, -0.1) is 11.3 Å². The van der Waals surface area contributed by atoms with Crippen LogP contribution in [-0.4, -0.2) is 26.8 Å². The van der Waals surface area contributed by atoms with Crippen LogP contribution in [0, 0.1) is 0 Å². The van der Waals surface area contributed by atoms with Crippen molar-refractivity contribution in [2.24, 2.45) is 7.05 Å².